The molecule has 0 heterocycles. The molecule has 0 amide bonds. The van der Waals surface area contributed by atoms with E-state index in [1.807, 2.05) is 6.92 Å². The van der Waals surface area contributed by atoms with Crippen LogP contribution in [0, 0.1) is 17.0 Å². The monoisotopic (exact) mass is 198 g/mol. The molecule has 1 aromatic rings. The zero-order valence-corrected chi connectivity index (χ0v) is 7.93. The van der Waals surface area contributed by atoms with Gasteiger partial charge in [-0.15, -0.1) is 0 Å². The van der Waals surface area contributed by atoms with E-state index in [4.69, 9.17) is 0 Å². The average Bonchev–Trinajstić information content (AvgIpc) is 2.82. The molecular formula is C11H12F2O. The lowest BCUT2D eigenvalue weighted by Gasteiger charge is -2.17. The highest BCUT2D eigenvalue weighted by molar-refractivity contribution is 5.23. The summed E-state index contributed by atoms with van der Waals surface area (Å²) in [5.41, 5.74) is 0.155. The molecule has 14 heavy (non-hydrogen) atoms. The first-order chi connectivity index (χ1) is 6.51. The summed E-state index contributed by atoms with van der Waals surface area (Å²) in [5, 5.41) is 9.84. The summed E-state index contributed by atoms with van der Waals surface area (Å²) < 4.78 is 25.7. The summed E-state index contributed by atoms with van der Waals surface area (Å²) in [4.78, 5) is 0. The summed E-state index contributed by atoms with van der Waals surface area (Å²) >= 11 is 0. The molecule has 1 atom stereocenters. The predicted molar refractivity (Wildman–Crippen MR) is 48.7 cm³/mol. The number of aliphatic hydroxyl groups is 1. The van der Waals surface area contributed by atoms with Gasteiger partial charge in [0.2, 0.25) is 0 Å². The third-order valence-corrected chi connectivity index (χ3v) is 2.90. The molecule has 1 aliphatic rings. The number of rotatable bonds is 2. The molecule has 2 rings (SSSR count). The Balaban J connectivity index is 2.31. The van der Waals surface area contributed by atoms with Crippen molar-refractivity contribution in [1.29, 1.82) is 0 Å². The Morgan fingerprint density at radius 3 is 2.14 bits per heavy atom. The predicted octanol–water partition coefficient (Wildman–Crippen LogP) is 2.80. The maximum absolute atomic E-state index is 12.8. The number of benzene rings is 1. The number of aliphatic hydroxyl groups excluding tert-OH is 1. The van der Waals surface area contributed by atoms with Gasteiger partial charge in [0.05, 0.1) is 6.10 Å². The van der Waals surface area contributed by atoms with E-state index in [1.54, 1.807) is 0 Å². The summed E-state index contributed by atoms with van der Waals surface area (Å²) in [6.07, 6.45) is 1.06. The molecule has 1 saturated carbocycles. The van der Waals surface area contributed by atoms with Crippen LogP contribution in [0.1, 0.15) is 31.4 Å². The molecule has 1 aliphatic carbocycles. The first-order valence-corrected chi connectivity index (χ1v) is 4.65. The van der Waals surface area contributed by atoms with E-state index >= 15 is 0 Å². The van der Waals surface area contributed by atoms with Gasteiger partial charge in [-0.05, 0) is 36.0 Å². The minimum absolute atomic E-state index is 0.180. The molecule has 0 spiro atoms. The minimum atomic E-state index is -0.757. The second-order valence-corrected chi connectivity index (χ2v) is 4.26. The third-order valence-electron chi connectivity index (χ3n) is 2.90. The maximum Gasteiger partial charge on any atom is 0.126 e. The molecule has 0 bridgehead atoms. The Kier molecular flexibility index (Phi) is 2.07. The summed E-state index contributed by atoms with van der Waals surface area (Å²) in [5.74, 6) is -1.27. The molecule has 1 unspecified atom stereocenters. The number of halogens is 2. The van der Waals surface area contributed by atoms with Crippen LogP contribution in [0.4, 0.5) is 8.78 Å². The Morgan fingerprint density at radius 1 is 1.21 bits per heavy atom. The van der Waals surface area contributed by atoms with Crippen molar-refractivity contribution in [3.8, 4) is 0 Å². The Hall–Kier alpha value is -0.960. The van der Waals surface area contributed by atoms with Gasteiger partial charge < -0.3 is 5.11 Å². The van der Waals surface area contributed by atoms with Gasteiger partial charge in [0.1, 0.15) is 11.6 Å². The van der Waals surface area contributed by atoms with Crippen LogP contribution in [-0.4, -0.2) is 5.11 Å². The molecule has 1 fully saturated rings. The smallest absolute Gasteiger partial charge is 0.126 e. The first kappa shape index (κ1) is 9.59. The second kappa shape index (κ2) is 3.02. The summed E-state index contributed by atoms with van der Waals surface area (Å²) in [6, 6.07) is 3.19. The minimum Gasteiger partial charge on any atom is -0.388 e. The van der Waals surface area contributed by atoms with Crippen LogP contribution >= 0.6 is 0 Å². The molecule has 0 saturated heterocycles. The van der Waals surface area contributed by atoms with Crippen molar-refractivity contribution in [2.24, 2.45) is 5.41 Å². The van der Waals surface area contributed by atoms with Crippen LogP contribution < -0.4 is 0 Å². The molecule has 76 valence electrons. The fourth-order valence-electron chi connectivity index (χ4n) is 1.61. The van der Waals surface area contributed by atoms with Crippen LogP contribution in [0.15, 0.2) is 18.2 Å². The van der Waals surface area contributed by atoms with Gasteiger partial charge in [0.25, 0.3) is 0 Å². The lowest BCUT2D eigenvalue weighted by atomic mass is 9.95. The van der Waals surface area contributed by atoms with Crippen molar-refractivity contribution in [3.05, 3.63) is 35.4 Å². The van der Waals surface area contributed by atoms with E-state index < -0.39 is 17.7 Å². The van der Waals surface area contributed by atoms with Crippen LogP contribution in [0.3, 0.4) is 0 Å². The molecular weight excluding hydrogens is 186 g/mol. The molecule has 1 nitrogen and oxygen atoms in total. The zero-order chi connectivity index (χ0) is 10.3. The highest BCUT2D eigenvalue weighted by Gasteiger charge is 2.44. The van der Waals surface area contributed by atoms with Crippen molar-refractivity contribution < 1.29 is 13.9 Å². The van der Waals surface area contributed by atoms with E-state index in [0.717, 1.165) is 18.9 Å². The standard InChI is InChI=1S/C11H12F2O/c1-11(2-3-11)10(14)7-4-8(12)6-9(13)5-7/h4-6,10,14H,2-3H2,1H3. The molecule has 1 N–H and O–H groups in total. The third kappa shape index (κ3) is 1.64. The van der Waals surface area contributed by atoms with E-state index in [9.17, 15) is 13.9 Å². The molecule has 3 heteroatoms. The Bertz CT molecular complexity index is 338. The first-order valence-electron chi connectivity index (χ1n) is 4.65. The van der Waals surface area contributed by atoms with Gasteiger partial charge in [-0.1, -0.05) is 6.92 Å². The lowest BCUT2D eigenvalue weighted by Crippen LogP contribution is -2.10. The van der Waals surface area contributed by atoms with Crippen molar-refractivity contribution in [3.63, 3.8) is 0 Å². The van der Waals surface area contributed by atoms with Crippen LogP contribution in [0.25, 0.3) is 0 Å². The van der Waals surface area contributed by atoms with E-state index in [-0.39, 0.29) is 5.41 Å². The van der Waals surface area contributed by atoms with Crippen LogP contribution in [-0.2, 0) is 0 Å². The van der Waals surface area contributed by atoms with Gasteiger partial charge in [0, 0.05) is 6.07 Å². The topological polar surface area (TPSA) is 20.2 Å². The second-order valence-electron chi connectivity index (χ2n) is 4.26. The van der Waals surface area contributed by atoms with E-state index in [2.05, 4.69) is 0 Å². The van der Waals surface area contributed by atoms with Crippen molar-refractivity contribution in [2.75, 3.05) is 0 Å². The molecule has 0 radical (unpaired) electrons. The SMILES string of the molecule is CC1(C(O)c2cc(F)cc(F)c2)CC1. The lowest BCUT2D eigenvalue weighted by molar-refractivity contribution is 0.103. The number of hydrogen-bond acceptors (Lipinski definition) is 1. The Labute approximate surface area is 81.4 Å². The van der Waals surface area contributed by atoms with E-state index in [1.165, 1.54) is 12.1 Å². The fourth-order valence-corrected chi connectivity index (χ4v) is 1.61. The van der Waals surface area contributed by atoms with Gasteiger partial charge in [0.15, 0.2) is 0 Å². The van der Waals surface area contributed by atoms with Gasteiger partial charge in [-0.2, -0.15) is 0 Å². The zero-order valence-electron chi connectivity index (χ0n) is 7.93. The van der Waals surface area contributed by atoms with Crippen molar-refractivity contribution >= 4 is 0 Å². The quantitative estimate of drug-likeness (QED) is 0.774. The van der Waals surface area contributed by atoms with E-state index in [0.29, 0.717) is 5.56 Å². The summed E-state index contributed by atoms with van der Waals surface area (Å²) in [6.45, 7) is 1.92. The van der Waals surface area contributed by atoms with Crippen LogP contribution in [0.2, 0.25) is 0 Å². The number of hydrogen-bond donors (Lipinski definition) is 1. The molecule has 0 aromatic heterocycles. The highest BCUT2D eigenvalue weighted by atomic mass is 19.1. The fraction of sp³-hybridized carbons (Fsp3) is 0.455. The van der Waals surface area contributed by atoms with Gasteiger partial charge >= 0.3 is 0 Å². The highest BCUT2D eigenvalue weighted by Crippen LogP contribution is 2.54. The molecule has 1 aromatic carbocycles. The maximum atomic E-state index is 12.8. The summed E-state index contributed by atoms with van der Waals surface area (Å²) in [7, 11) is 0. The van der Waals surface area contributed by atoms with Gasteiger partial charge in [-0.25, -0.2) is 8.78 Å². The average molecular weight is 198 g/mol. The van der Waals surface area contributed by atoms with Crippen LogP contribution in [0.5, 0.6) is 0 Å². The van der Waals surface area contributed by atoms with Gasteiger partial charge in [-0.3, -0.25) is 0 Å². The molecule has 0 aliphatic heterocycles. The Morgan fingerprint density at radius 2 is 1.71 bits per heavy atom. The normalized spacial score (nSPS) is 20.6. The largest absolute Gasteiger partial charge is 0.388 e. The van der Waals surface area contributed by atoms with Crippen molar-refractivity contribution in [1.82, 2.24) is 0 Å². The van der Waals surface area contributed by atoms with Crippen molar-refractivity contribution in [2.45, 2.75) is 25.9 Å².